The summed E-state index contributed by atoms with van der Waals surface area (Å²) in [6, 6.07) is 1.77. The molecular formula is C19H24N6O2. The maximum atomic E-state index is 12.6. The number of piperidine rings is 1. The molecule has 0 spiro atoms. The van der Waals surface area contributed by atoms with Crippen LogP contribution in [0.2, 0.25) is 0 Å². The Morgan fingerprint density at radius 1 is 1.22 bits per heavy atom. The van der Waals surface area contributed by atoms with Crippen LogP contribution in [0.1, 0.15) is 45.2 Å². The molecule has 0 N–H and O–H groups in total. The van der Waals surface area contributed by atoms with Crippen LogP contribution in [0.15, 0.2) is 24.8 Å². The van der Waals surface area contributed by atoms with Gasteiger partial charge in [-0.15, -0.1) is 0 Å². The molecule has 142 valence electrons. The van der Waals surface area contributed by atoms with Gasteiger partial charge < -0.3 is 9.80 Å². The Balaban J connectivity index is 1.71. The summed E-state index contributed by atoms with van der Waals surface area (Å²) in [5.74, 6) is 0.709. The molecule has 1 saturated heterocycles. The second-order valence-electron chi connectivity index (χ2n) is 7.08. The summed E-state index contributed by atoms with van der Waals surface area (Å²) < 4.78 is 0. The molecule has 0 bridgehead atoms. The van der Waals surface area contributed by atoms with E-state index in [1.54, 1.807) is 39.5 Å². The Morgan fingerprint density at radius 3 is 2.67 bits per heavy atom. The Bertz CT molecular complexity index is 824. The van der Waals surface area contributed by atoms with E-state index in [2.05, 4.69) is 19.9 Å². The number of likely N-dealkylation sites (tertiary alicyclic amines) is 1. The van der Waals surface area contributed by atoms with Gasteiger partial charge >= 0.3 is 0 Å². The van der Waals surface area contributed by atoms with Crippen LogP contribution in [0.25, 0.3) is 0 Å². The van der Waals surface area contributed by atoms with Gasteiger partial charge in [-0.05, 0) is 38.2 Å². The quantitative estimate of drug-likeness (QED) is 0.809. The van der Waals surface area contributed by atoms with E-state index >= 15 is 0 Å². The molecule has 1 unspecified atom stereocenters. The molecular weight excluding hydrogens is 344 g/mol. The van der Waals surface area contributed by atoms with E-state index in [-0.39, 0.29) is 11.8 Å². The third kappa shape index (κ3) is 4.64. The Hall–Kier alpha value is -2.90. The fourth-order valence-electron chi connectivity index (χ4n) is 3.38. The number of aryl methyl sites for hydroxylation is 1. The maximum absolute atomic E-state index is 12.6. The summed E-state index contributed by atoms with van der Waals surface area (Å²) in [5, 5.41) is 0. The predicted octanol–water partition coefficient (Wildman–Crippen LogP) is 1.37. The lowest BCUT2D eigenvalue weighted by molar-refractivity contribution is 0.0671. The summed E-state index contributed by atoms with van der Waals surface area (Å²) in [5.41, 5.74) is 1.76. The molecule has 0 radical (unpaired) electrons. The highest BCUT2D eigenvalue weighted by atomic mass is 16.2. The zero-order valence-electron chi connectivity index (χ0n) is 15.9. The molecule has 0 saturated carbocycles. The fraction of sp³-hybridized carbons (Fsp3) is 0.474. The lowest BCUT2D eigenvalue weighted by atomic mass is 9.92. The molecule has 1 fully saturated rings. The largest absolute Gasteiger partial charge is 0.343 e. The number of carbonyl (C=O) groups is 2. The molecule has 0 aliphatic carbocycles. The van der Waals surface area contributed by atoms with Crippen LogP contribution in [0.4, 0.5) is 0 Å². The van der Waals surface area contributed by atoms with Crippen LogP contribution < -0.4 is 0 Å². The van der Waals surface area contributed by atoms with E-state index in [0.29, 0.717) is 36.0 Å². The van der Waals surface area contributed by atoms with Crippen LogP contribution in [0, 0.1) is 12.8 Å². The van der Waals surface area contributed by atoms with Crippen molar-refractivity contribution in [2.45, 2.75) is 26.2 Å². The molecule has 1 aliphatic heterocycles. The number of rotatable bonds is 4. The smallest absolute Gasteiger partial charge is 0.272 e. The number of nitrogens with zero attached hydrogens (tertiary/aromatic N) is 6. The number of hydrogen-bond acceptors (Lipinski definition) is 6. The molecule has 1 atom stereocenters. The van der Waals surface area contributed by atoms with Gasteiger partial charge in [0.25, 0.3) is 11.8 Å². The van der Waals surface area contributed by atoms with Gasteiger partial charge in [0.1, 0.15) is 17.8 Å². The summed E-state index contributed by atoms with van der Waals surface area (Å²) in [6.07, 6.45) is 7.19. The SMILES string of the molecule is Cc1nc(CC2CCCN(C(=O)c3cncnc3)C2)cc(C(=O)N(C)C)n1. The number of hydrogen-bond donors (Lipinski definition) is 0. The summed E-state index contributed by atoms with van der Waals surface area (Å²) in [7, 11) is 3.41. The van der Waals surface area contributed by atoms with E-state index < -0.39 is 0 Å². The van der Waals surface area contributed by atoms with Gasteiger partial charge in [-0.1, -0.05) is 0 Å². The molecule has 3 heterocycles. The number of aromatic nitrogens is 4. The highest BCUT2D eigenvalue weighted by molar-refractivity contribution is 5.93. The molecule has 2 aromatic heterocycles. The van der Waals surface area contributed by atoms with Crippen molar-refractivity contribution in [3.8, 4) is 0 Å². The summed E-state index contributed by atoms with van der Waals surface area (Å²) in [4.78, 5) is 44.8. The van der Waals surface area contributed by atoms with Crippen molar-refractivity contribution < 1.29 is 9.59 Å². The third-order valence-electron chi connectivity index (χ3n) is 4.63. The van der Waals surface area contributed by atoms with Crippen molar-refractivity contribution in [3.05, 3.63) is 47.6 Å². The van der Waals surface area contributed by atoms with Gasteiger partial charge in [-0.3, -0.25) is 9.59 Å². The Morgan fingerprint density at radius 2 is 1.96 bits per heavy atom. The molecule has 0 aromatic carbocycles. The highest BCUT2D eigenvalue weighted by Gasteiger charge is 2.25. The van der Waals surface area contributed by atoms with Crippen molar-refractivity contribution in [2.24, 2.45) is 5.92 Å². The normalized spacial score (nSPS) is 16.9. The fourth-order valence-corrected chi connectivity index (χ4v) is 3.38. The topological polar surface area (TPSA) is 92.2 Å². The molecule has 2 amide bonds. The second kappa shape index (κ2) is 8.20. The van der Waals surface area contributed by atoms with Crippen LogP contribution >= 0.6 is 0 Å². The van der Waals surface area contributed by atoms with E-state index in [4.69, 9.17) is 0 Å². The molecule has 8 heteroatoms. The van der Waals surface area contributed by atoms with Crippen LogP contribution in [0.5, 0.6) is 0 Å². The molecule has 2 aromatic rings. The van der Waals surface area contributed by atoms with Gasteiger partial charge in [0.05, 0.1) is 5.56 Å². The zero-order valence-corrected chi connectivity index (χ0v) is 15.9. The van der Waals surface area contributed by atoms with E-state index in [1.807, 2.05) is 4.90 Å². The van der Waals surface area contributed by atoms with Crippen molar-refractivity contribution >= 4 is 11.8 Å². The standard InChI is InChI=1S/C19H24N6O2/c1-13-22-16(8-17(23-13)19(27)24(2)3)7-14-5-4-6-25(11-14)18(26)15-9-20-12-21-10-15/h8-10,12,14H,4-7,11H2,1-3H3. The third-order valence-corrected chi connectivity index (χ3v) is 4.63. The molecule has 3 rings (SSSR count). The van der Waals surface area contributed by atoms with Crippen LogP contribution in [0.3, 0.4) is 0 Å². The summed E-state index contributed by atoms with van der Waals surface area (Å²) >= 11 is 0. The molecule has 1 aliphatic rings. The van der Waals surface area contributed by atoms with Crippen LogP contribution in [-0.2, 0) is 6.42 Å². The minimum absolute atomic E-state index is 0.0392. The average molecular weight is 368 g/mol. The number of carbonyl (C=O) groups excluding carboxylic acids is 2. The van der Waals surface area contributed by atoms with E-state index in [9.17, 15) is 9.59 Å². The van der Waals surface area contributed by atoms with Gasteiger partial charge in [0, 0.05) is 45.3 Å². The van der Waals surface area contributed by atoms with Gasteiger partial charge in [-0.2, -0.15) is 0 Å². The van der Waals surface area contributed by atoms with Crippen molar-refractivity contribution in [3.63, 3.8) is 0 Å². The van der Waals surface area contributed by atoms with E-state index in [1.165, 1.54) is 11.2 Å². The number of amides is 2. The minimum atomic E-state index is -0.133. The first-order valence-corrected chi connectivity index (χ1v) is 9.04. The average Bonchev–Trinajstić information content (AvgIpc) is 2.67. The molecule has 8 nitrogen and oxygen atoms in total. The first-order valence-electron chi connectivity index (χ1n) is 9.04. The first-order chi connectivity index (χ1) is 12.9. The van der Waals surface area contributed by atoms with E-state index in [0.717, 1.165) is 25.1 Å². The summed E-state index contributed by atoms with van der Waals surface area (Å²) in [6.45, 7) is 3.19. The van der Waals surface area contributed by atoms with Gasteiger partial charge in [0.2, 0.25) is 0 Å². The first kappa shape index (κ1) is 18.9. The molecule has 27 heavy (non-hydrogen) atoms. The predicted molar refractivity (Wildman–Crippen MR) is 99.2 cm³/mol. The van der Waals surface area contributed by atoms with Gasteiger partial charge in [-0.25, -0.2) is 19.9 Å². The van der Waals surface area contributed by atoms with Crippen LogP contribution in [-0.4, -0.2) is 68.7 Å². The Kier molecular flexibility index (Phi) is 5.73. The lowest BCUT2D eigenvalue weighted by Crippen LogP contribution is -2.40. The van der Waals surface area contributed by atoms with Crippen molar-refractivity contribution in [1.29, 1.82) is 0 Å². The highest BCUT2D eigenvalue weighted by Crippen LogP contribution is 2.22. The van der Waals surface area contributed by atoms with Crippen molar-refractivity contribution in [2.75, 3.05) is 27.2 Å². The van der Waals surface area contributed by atoms with Gasteiger partial charge in [0.15, 0.2) is 0 Å². The monoisotopic (exact) mass is 368 g/mol. The maximum Gasteiger partial charge on any atom is 0.272 e. The van der Waals surface area contributed by atoms with Crippen molar-refractivity contribution in [1.82, 2.24) is 29.7 Å². The second-order valence-corrected chi connectivity index (χ2v) is 7.08. The minimum Gasteiger partial charge on any atom is -0.343 e. The Labute approximate surface area is 158 Å². The lowest BCUT2D eigenvalue weighted by Gasteiger charge is -2.32. The zero-order chi connectivity index (χ0) is 19.4.